The molecule has 1 aliphatic rings. The summed E-state index contributed by atoms with van der Waals surface area (Å²) in [5.74, 6) is 0.0143. The second kappa shape index (κ2) is 9.45. The van der Waals surface area contributed by atoms with Gasteiger partial charge in [0, 0.05) is 0 Å². The van der Waals surface area contributed by atoms with Crippen LogP contribution in [0.3, 0.4) is 0 Å². The van der Waals surface area contributed by atoms with Crippen molar-refractivity contribution in [3.8, 4) is 11.5 Å². The number of ether oxygens (including phenoxy) is 3. The van der Waals surface area contributed by atoms with Crippen molar-refractivity contribution in [2.45, 2.75) is 33.3 Å². The predicted octanol–water partition coefficient (Wildman–Crippen LogP) is 3.47. The lowest BCUT2D eigenvalue weighted by Crippen LogP contribution is -2.34. The Morgan fingerprint density at radius 3 is 2.63 bits per heavy atom. The zero-order valence-corrected chi connectivity index (χ0v) is 16.6. The van der Waals surface area contributed by atoms with Gasteiger partial charge in [0.2, 0.25) is 0 Å². The second-order valence-electron chi connectivity index (χ2n) is 5.82. The predicted molar refractivity (Wildman–Crippen MR) is 103 cm³/mol. The van der Waals surface area contributed by atoms with Crippen molar-refractivity contribution in [1.82, 2.24) is 4.90 Å². The van der Waals surface area contributed by atoms with E-state index in [4.69, 9.17) is 14.2 Å². The Morgan fingerprint density at radius 2 is 2.00 bits per heavy atom. The van der Waals surface area contributed by atoms with E-state index in [2.05, 4.69) is 0 Å². The first-order chi connectivity index (χ1) is 12.9. The molecule has 8 heteroatoms. The van der Waals surface area contributed by atoms with Crippen LogP contribution in [0.25, 0.3) is 6.08 Å². The maximum Gasteiger partial charge on any atom is 0.326 e. The third-order valence-corrected chi connectivity index (χ3v) is 4.76. The van der Waals surface area contributed by atoms with Gasteiger partial charge in [-0.1, -0.05) is 13.0 Å². The zero-order chi connectivity index (χ0) is 20.0. The molecule has 1 fully saturated rings. The Morgan fingerprint density at radius 1 is 1.26 bits per heavy atom. The van der Waals surface area contributed by atoms with E-state index in [1.54, 1.807) is 31.2 Å². The summed E-state index contributed by atoms with van der Waals surface area (Å²) in [6.07, 6.45) is 2.49. The van der Waals surface area contributed by atoms with Crippen LogP contribution in [0.5, 0.6) is 11.5 Å². The number of carbonyl (C=O) groups excluding carboxylic acids is 3. The van der Waals surface area contributed by atoms with Crippen LogP contribution in [-0.4, -0.2) is 48.4 Å². The fourth-order valence-corrected chi connectivity index (χ4v) is 3.13. The minimum absolute atomic E-state index is 0.0455. The quantitative estimate of drug-likeness (QED) is 0.494. The summed E-state index contributed by atoms with van der Waals surface area (Å²) in [5, 5.41) is -0.497. The normalized spacial score (nSPS) is 16.6. The molecule has 2 amide bonds. The molecule has 0 aromatic heterocycles. The number of carbonyl (C=O) groups is 3. The van der Waals surface area contributed by atoms with Crippen LogP contribution < -0.4 is 9.47 Å². The first-order valence-corrected chi connectivity index (χ1v) is 9.46. The molecule has 0 aliphatic carbocycles. The smallest absolute Gasteiger partial charge is 0.326 e. The number of methoxy groups -OCH3 is 1. The van der Waals surface area contributed by atoms with E-state index in [1.807, 2.05) is 13.8 Å². The molecule has 1 saturated heterocycles. The Hall–Kier alpha value is -2.48. The Bertz CT molecular complexity index is 761. The number of esters is 1. The van der Waals surface area contributed by atoms with E-state index in [0.29, 0.717) is 17.1 Å². The molecule has 1 unspecified atom stereocenters. The molecule has 146 valence electrons. The van der Waals surface area contributed by atoms with Crippen molar-refractivity contribution in [1.29, 1.82) is 0 Å². The first-order valence-electron chi connectivity index (χ1n) is 8.65. The minimum Gasteiger partial charge on any atom is -0.493 e. The fourth-order valence-electron chi connectivity index (χ4n) is 2.29. The highest BCUT2D eigenvalue weighted by atomic mass is 32.2. The Balaban J connectivity index is 2.19. The van der Waals surface area contributed by atoms with Crippen LogP contribution >= 0.6 is 11.8 Å². The third-order valence-electron chi connectivity index (χ3n) is 3.85. The Kier molecular flexibility index (Phi) is 7.29. The lowest BCUT2D eigenvalue weighted by Gasteiger charge is -2.15. The van der Waals surface area contributed by atoms with E-state index >= 15 is 0 Å². The highest BCUT2D eigenvalue weighted by Crippen LogP contribution is 2.34. The van der Waals surface area contributed by atoms with Crippen LogP contribution in [0, 0.1) is 0 Å². The van der Waals surface area contributed by atoms with Gasteiger partial charge in [-0.05, 0) is 55.8 Å². The minimum atomic E-state index is -0.616. The van der Waals surface area contributed by atoms with Gasteiger partial charge < -0.3 is 14.2 Å². The van der Waals surface area contributed by atoms with E-state index in [0.717, 1.165) is 23.1 Å². The van der Waals surface area contributed by atoms with Gasteiger partial charge in [-0.25, -0.2) is 0 Å². The summed E-state index contributed by atoms with van der Waals surface area (Å²) in [6.45, 7) is 5.45. The molecule has 0 saturated carbocycles. The molecule has 1 atom stereocenters. The van der Waals surface area contributed by atoms with Gasteiger partial charge in [-0.2, -0.15) is 0 Å². The molecule has 1 aliphatic heterocycles. The number of hydrogen-bond donors (Lipinski definition) is 0. The van der Waals surface area contributed by atoms with Gasteiger partial charge in [0.25, 0.3) is 11.1 Å². The van der Waals surface area contributed by atoms with Crippen LogP contribution in [0.2, 0.25) is 0 Å². The topological polar surface area (TPSA) is 82.1 Å². The molecular weight excluding hydrogens is 370 g/mol. The molecular formula is C19H23NO6S. The van der Waals surface area contributed by atoms with Crippen molar-refractivity contribution >= 4 is 35.0 Å². The summed E-state index contributed by atoms with van der Waals surface area (Å²) < 4.78 is 16.0. The molecule has 7 nitrogen and oxygen atoms in total. The van der Waals surface area contributed by atoms with E-state index in [-0.39, 0.29) is 24.2 Å². The van der Waals surface area contributed by atoms with E-state index in [1.165, 1.54) is 7.11 Å². The molecule has 1 aromatic carbocycles. The summed E-state index contributed by atoms with van der Waals surface area (Å²) in [4.78, 5) is 37.1. The molecule has 27 heavy (non-hydrogen) atoms. The van der Waals surface area contributed by atoms with Gasteiger partial charge in [-0.15, -0.1) is 0 Å². The van der Waals surface area contributed by atoms with Crippen molar-refractivity contribution in [2.24, 2.45) is 0 Å². The molecule has 1 heterocycles. The number of imide groups is 1. The van der Waals surface area contributed by atoms with Crippen molar-refractivity contribution in [3.05, 3.63) is 28.7 Å². The monoisotopic (exact) mass is 393 g/mol. The van der Waals surface area contributed by atoms with Crippen LogP contribution in [0.4, 0.5) is 4.79 Å². The number of benzene rings is 1. The van der Waals surface area contributed by atoms with Gasteiger partial charge in [0.15, 0.2) is 11.5 Å². The van der Waals surface area contributed by atoms with E-state index in [9.17, 15) is 14.4 Å². The van der Waals surface area contributed by atoms with Gasteiger partial charge in [0.1, 0.15) is 6.54 Å². The number of thioether (sulfide) groups is 1. The number of amides is 2. The molecule has 1 aromatic rings. The highest BCUT2D eigenvalue weighted by molar-refractivity contribution is 8.18. The summed E-state index contributed by atoms with van der Waals surface area (Å²) in [5.41, 5.74) is 0.685. The highest BCUT2D eigenvalue weighted by Gasteiger charge is 2.36. The summed E-state index contributed by atoms with van der Waals surface area (Å²) in [7, 11) is 1.54. The SMILES string of the molecule is CCOC(=O)CN1C(=O)S/C(=C\c2ccc(OC(C)CC)c(OC)c2)C1=O. The van der Waals surface area contributed by atoms with Gasteiger partial charge in [-0.3, -0.25) is 19.3 Å². The molecule has 0 bridgehead atoms. The second-order valence-corrected chi connectivity index (χ2v) is 6.81. The lowest BCUT2D eigenvalue weighted by molar-refractivity contribution is -0.145. The summed E-state index contributed by atoms with van der Waals surface area (Å²) >= 11 is 0.787. The first kappa shape index (κ1) is 20.8. The average Bonchev–Trinajstić information content (AvgIpc) is 2.90. The number of rotatable bonds is 8. The van der Waals surface area contributed by atoms with Gasteiger partial charge >= 0.3 is 5.97 Å². The maximum atomic E-state index is 12.4. The molecule has 0 N–H and O–H groups in total. The van der Waals surface area contributed by atoms with Crippen molar-refractivity contribution < 1.29 is 28.6 Å². The standard InChI is InChI=1S/C19H23NO6S/c1-5-12(3)26-14-8-7-13(9-15(14)24-4)10-16-18(22)20(19(23)27-16)11-17(21)25-6-2/h7-10,12H,5-6,11H2,1-4H3/b16-10-. The average molecular weight is 393 g/mol. The van der Waals surface area contributed by atoms with Crippen LogP contribution in [0.1, 0.15) is 32.8 Å². The van der Waals surface area contributed by atoms with Crippen molar-refractivity contribution in [2.75, 3.05) is 20.3 Å². The van der Waals surface area contributed by atoms with Crippen LogP contribution in [0.15, 0.2) is 23.1 Å². The third kappa shape index (κ3) is 5.26. The number of nitrogens with zero attached hydrogens (tertiary/aromatic N) is 1. The maximum absolute atomic E-state index is 12.4. The lowest BCUT2D eigenvalue weighted by atomic mass is 10.1. The molecule has 2 rings (SSSR count). The van der Waals surface area contributed by atoms with E-state index < -0.39 is 17.1 Å². The summed E-state index contributed by atoms with van der Waals surface area (Å²) in [6, 6.07) is 5.27. The molecule has 0 radical (unpaired) electrons. The largest absolute Gasteiger partial charge is 0.493 e. The molecule has 0 spiro atoms. The zero-order valence-electron chi connectivity index (χ0n) is 15.8. The van der Waals surface area contributed by atoms with Gasteiger partial charge in [0.05, 0.1) is 24.7 Å². The van der Waals surface area contributed by atoms with Crippen LogP contribution in [-0.2, 0) is 14.3 Å². The number of hydrogen-bond acceptors (Lipinski definition) is 7. The Labute approximate surface area is 162 Å². The van der Waals surface area contributed by atoms with Crippen molar-refractivity contribution in [3.63, 3.8) is 0 Å². The fraction of sp³-hybridized carbons (Fsp3) is 0.421.